The zero-order valence-electron chi connectivity index (χ0n) is 15.9. The summed E-state index contributed by atoms with van der Waals surface area (Å²) in [4.78, 5) is 11.4. The van der Waals surface area contributed by atoms with E-state index in [2.05, 4.69) is 13.5 Å². The highest BCUT2D eigenvalue weighted by atomic mass is 35.9. The van der Waals surface area contributed by atoms with Gasteiger partial charge >= 0.3 is 14.4 Å². The highest BCUT2D eigenvalue weighted by molar-refractivity contribution is 8.14. The first kappa shape index (κ1) is 25.8. The Balaban J connectivity index is 2.37. The Morgan fingerprint density at radius 1 is 0.828 bits per heavy atom. The van der Waals surface area contributed by atoms with Gasteiger partial charge in [0.1, 0.15) is 5.76 Å². The number of carbonyl (C=O) groups excluding carboxylic acids is 1. The molecular weight excluding hydrogens is 509 g/mol. The van der Waals surface area contributed by atoms with E-state index in [1.165, 1.54) is 13.0 Å². The lowest BCUT2D eigenvalue weighted by atomic mass is 10.4. The molecule has 0 aromatic carbocycles. The molecule has 2 aliphatic rings. The zero-order chi connectivity index (χ0) is 21.4. The second-order valence-electron chi connectivity index (χ2n) is 5.65. The van der Waals surface area contributed by atoms with Crippen LogP contribution in [0.1, 0.15) is 13.8 Å². The summed E-state index contributed by atoms with van der Waals surface area (Å²) < 4.78 is 46.2. The third kappa shape index (κ3) is 9.71. The van der Waals surface area contributed by atoms with Gasteiger partial charge in [-0.15, -0.1) is 4.52 Å². The molecule has 0 amide bonds. The van der Waals surface area contributed by atoms with E-state index in [9.17, 15) is 4.79 Å². The van der Waals surface area contributed by atoms with Crippen LogP contribution in [0.15, 0.2) is 25.4 Å². The second-order valence-corrected chi connectivity index (χ2v) is 16.0. The van der Waals surface area contributed by atoms with Crippen molar-refractivity contribution < 1.29 is 32.6 Å². The van der Waals surface area contributed by atoms with E-state index in [1.807, 2.05) is 0 Å². The van der Waals surface area contributed by atoms with E-state index < -0.39 is 20.4 Å². The molecular formula is C13H23Cl3N3O7P3. The van der Waals surface area contributed by atoms with Crippen molar-refractivity contribution in [3.05, 3.63) is 11.8 Å². The minimum Gasteiger partial charge on any atom is -0.427 e. The van der Waals surface area contributed by atoms with Crippen molar-refractivity contribution in [2.75, 3.05) is 52.9 Å². The van der Waals surface area contributed by atoms with Crippen molar-refractivity contribution in [1.29, 1.82) is 0 Å². The van der Waals surface area contributed by atoms with Gasteiger partial charge in [-0.25, -0.2) is 0 Å². The topological polar surface area (TPSA) is 110 Å². The molecule has 2 heterocycles. The molecule has 0 aromatic rings. The summed E-state index contributed by atoms with van der Waals surface area (Å²) in [5.41, 5.74) is 0. The van der Waals surface area contributed by atoms with Crippen LogP contribution in [0.3, 0.4) is 0 Å². The first-order chi connectivity index (χ1) is 13.6. The molecule has 0 radical (unpaired) electrons. The number of rotatable bonds is 3. The van der Waals surface area contributed by atoms with Gasteiger partial charge in [-0.1, -0.05) is 0 Å². The summed E-state index contributed by atoms with van der Waals surface area (Å²) in [5.74, 6) is -3.30. The Hall–Kier alpha value is 0.570. The molecule has 0 aromatic heterocycles. The van der Waals surface area contributed by atoms with Crippen LogP contribution in [-0.2, 0) is 32.6 Å². The Kier molecular flexibility index (Phi) is 10.7. The quantitative estimate of drug-likeness (QED) is 0.243. The summed E-state index contributed by atoms with van der Waals surface area (Å²) in [6, 6.07) is 0. The van der Waals surface area contributed by atoms with Crippen molar-refractivity contribution in [2.24, 2.45) is 13.5 Å². The van der Waals surface area contributed by atoms with Crippen LogP contribution in [0.5, 0.6) is 0 Å². The van der Waals surface area contributed by atoms with Gasteiger partial charge in [-0.2, -0.15) is 9.03 Å². The van der Waals surface area contributed by atoms with Gasteiger partial charge in [-0.3, -0.25) is 9.32 Å². The first-order valence-corrected chi connectivity index (χ1v) is 16.1. The monoisotopic (exact) mass is 531 g/mol. The molecule has 29 heavy (non-hydrogen) atoms. The lowest BCUT2D eigenvalue weighted by molar-refractivity contribution is -0.112. The molecule has 0 saturated carbocycles. The van der Waals surface area contributed by atoms with Gasteiger partial charge in [0.05, 0.1) is 52.9 Å². The smallest absolute Gasteiger partial charge is 0.399 e. The van der Waals surface area contributed by atoms with Crippen molar-refractivity contribution in [2.45, 2.75) is 13.8 Å². The predicted octanol–water partition coefficient (Wildman–Crippen LogP) is 6.16. The Morgan fingerprint density at radius 3 is 1.90 bits per heavy atom. The minimum atomic E-state index is -3.47. The third-order valence-corrected chi connectivity index (χ3v) is 13.8. The first-order valence-electron chi connectivity index (χ1n) is 8.55. The number of halogens is 3. The molecule has 168 valence electrons. The van der Waals surface area contributed by atoms with E-state index in [-0.39, 0.29) is 38.0 Å². The van der Waals surface area contributed by atoms with Crippen molar-refractivity contribution in [1.82, 2.24) is 0 Å². The number of hydrogen-bond acceptors (Lipinski definition) is 10. The van der Waals surface area contributed by atoms with Crippen LogP contribution in [0.4, 0.5) is 0 Å². The molecule has 0 fully saturated rings. The maximum atomic E-state index is 11.4. The van der Waals surface area contributed by atoms with E-state index in [0.29, 0.717) is 26.4 Å². The maximum absolute atomic E-state index is 11.4. The molecule has 0 spiro atoms. The van der Waals surface area contributed by atoms with E-state index in [1.54, 1.807) is 6.92 Å². The molecule has 16 heteroatoms. The van der Waals surface area contributed by atoms with Gasteiger partial charge in [0.2, 0.25) is 0 Å². The standard InChI is InChI=1S/C13H23Cl3N3O7P3/c1-12(20)11-13(2)26-29-18-27(14,15)17-28(16,19-29)24-9-7-22-5-3-21-4-6-23-8-10-25-29/h11H,3-10H2,1-2H3. The van der Waals surface area contributed by atoms with Crippen molar-refractivity contribution >= 4 is 59.9 Å². The van der Waals surface area contributed by atoms with Crippen LogP contribution >= 0.6 is 54.1 Å². The molecule has 0 saturated heterocycles. The summed E-state index contributed by atoms with van der Waals surface area (Å²) in [6.07, 6.45) is 1.27. The number of carbonyl (C=O) groups is 1. The molecule has 2 rings (SSSR count). The van der Waals surface area contributed by atoms with Crippen LogP contribution in [0.25, 0.3) is 0 Å². The molecule has 2 unspecified atom stereocenters. The maximum Gasteiger partial charge on any atom is 0.399 e. The number of hydrogen-bond donors (Lipinski definition) is 0. The highest BCUT2D eigenvalue weighted by Crippen LogP contribution is 2.84. The van der Waals surface area contributed by atoms with E-state index >= 15 is 0 Å². The third-order valence-electron chi connectivity index (χ3n) is 3.05. The zero-order valence-corrected chi connectivity index (χ0v) is 20.9. The molecule has 2 aliphatic heterocycles. The fourth-order valence-electron chi connectivity index (χ4n) is 2.10. The Labute approximate surface area is 184 Å². The average Bonchev–Trinajstić information content (AvgIpc) is 2.55. The fourth-order valence-corrected chi connectivity index (χ4v) is 14.6. The molecule has 2 atom stereocenters. The van der Waals surface area contributed by atoms with Crippen molar-refractivity contribution in [3.63, 3.8) is 0 Å². The van der Waals surface area contributed by atoms with E-state index in [4.69, 9.17) is 61.5 Å². The minimum absolute atomic E-state index is 0.0713. The van der Waals surface area contributed by atoms with E-state index in [0.717, 1.165) is 0 Å². The van der Waals surface area contributed by atoms with Gasteiger partial charge < -0.3 is 23.3 Å². The van der Waals surface area contributed by atoms with Gasteiger partial charge in [-0.05, 0) is 47.6 Å². The normalized spacial score (nSPS) is 32.2. The summed E-state index contributed by atoms with van der Waals surface area (Å²) >= 11 is 19.1. The lowest BCUT2D eigenvalue weighted by Crippen LogP contribution is -2.13. The Morgan fingerprint density at radius 2 is 1.34 bits per heavy atom. The molecule has 0 N–H and O–H groups in total. The largest absolute Gasteiger partial charge is 0.427 e. The SMILES string of the molecule is CC(=O)C=C(C)OP12=NP(Cl)(=NP(Cl)(Cl)=N1)OCCOCCOCCOCCO2. The molecule has 10 nitrogen and oxygen atoms in total. The average molecular weight is 533 g/mol. The summed E-state index contributed by atoms with van der Waals surface area (Å²) in [5, 5.41) is 0. The van der Waals surface area contributed by atoms with Gasteiger partial charge in [0.15, 0.2) is 5.78 Å². The van der Waals surface area contributed by atoms with Gasteiger partial charge in [0, 0.05) is 6.08 Å². The summed E-state index contributed by atoms with van der Waals surface area (Å²) in [7, 11) is -3.47. The predicted molar refractivity (Wildman–Crippen MR) is 115 cm³/mol. The van der Waals surface area contributed by atoms with Crippen LogP contribution in [0, 0.1) is 0 Å². The van der Waals surface area contributed by atoms with Crippen molar-refractivity contribution in [3.8, 4) is 0 Å². The van der Waals surface area contributed by atoms with Crippen LogP contribution < -0.4 is 0 Å². The summed E-state index contributed by atoms with van der Waals surface area (Å²) in [6.45, 7) is 1.84. The lowest BCUT2D eigenvalue weighted by Gasteiger charge is -2.28. The van der Waals surface area contributed by atoms with Gasteiger partial charge in [0.25, 0.3) is 5.91 Å². The van der Waals surface area contributed by atoms with Crippen LogP contribution in [0.2, 0.25) is 0 Å². The number of allylic oxidation sites excluding steroid dienone is 2. The van der Waals surface area contributed by atoms with Crippen LogP contribution in [-0.4, -0.2) is 58.6 Å². The number of fused-ring (bicyclic) bond motifs is 1. The second kappa shape index (κ2) is 12.0. The Bertz CT molecular complexity index is 787. The number of ether oxygens (including phenoxy) is 3. The highest BCUT2D eigenvalue weighted by Gasteiger charge is 2.39. The molecule has 2 bridgehead atoms. The number of nitrogens with zero attached hydrogens (tertiary/aromatic N) is 3. The number of ketones is 1. The fraction of sp³-hybridized carbons (Fsp3) is 0.769. The molecule has 0 aliphatic carbocycles.